The second-order valence-corrected chi connectivity index (χ2v) is 10.3. The van der Waals surface area contributed by atoms with E-state index in [4.69, 9.17) is 4.74 Å². The summed E-state index contributed by atoms with van der Waals surface area (Å²) in [6, 6.07) is 5.91. The van der Waals surface area contributed by atoms with Crippen molar-refractivity contribution in [3.63, 3.8) is 0 Å². The van der Waals surface area contributed by atoms with E-state index in [0.717, 1.165) is 26.8 Å². The van der Waals surface area contributed by atoms with Crippen LogP contribution in [0.4, 0.5) is 0 Å². The number of ether oxygens (including phenoxy) is 1. The minimum atomic E-state index is -2.86. The molecule has 6 nitrogen and oxygen atoms in total. The van der Waals surface area contributed by atoms with Crippen molar-refractivity contribution in [1.29, 1.82) is 0 Å². The van der Waals surface area contributed by atoms with Crippen LogP contribution in [0.5, 0.6) is 5.75 Å². The number of benzene rings is 1. The summed E-state index contributed by atoms with van der Waals surface area (Å²) in [6.45, 7) is 0. The highest BCUT2D eigenvalue weighted by molar-refractivity contribution is 9.10. The summed E-state index contributed by atoms with van der Waals surface area (Å²) in [5.41, 5.74) is 1.08. The van der Waals surface area contributed by atoms with Gasteiger partial charge in [-0.25, -0.2) is 8.42 Å². The number of halogens is 1. The fourth-order valence-corrected chi connectivity index (χ4v) is 6.12. The molecular weight excluding hydrogens is 426 g/mol. The van der Waals surface area contributed by atoms with Crippen molar-refractivity contribution in [2.75, 3.05) is 18.6 Å². The average Bonchev–Trinajstić information content (AvgIpc) is 3.08. The standard InChI is InChI=1S/C16H20BrN3O3S2/c1-20-15(7-11-5-6-25(21,22)10-11)18-19-16(20)24-9-12-8-13(17)3-4-14(12)23-2/h3-4,8,11H,5-7,9-10H2,1-2H3. The lowest BCUT2D eigenvalue weighted by atomic mass is 10.1. The zero-order chi connectivity index (χ0) is 18.0. The molecule has 0 bridgehead atoms. The van der Waals surface area contributed by atoms with Gasteiger partial charge in [0, 0.05) is 29.3 Å². The summed E-state index contributed by atoms with van der Waals surface area (Å²) in [6.07, 6.45) is 1.37. The van der Waals surface area contributed by atoms with E-state index < -0.39 is 9.84 Å². The van der Waals surface area contributed by atoms with Crippen LogP contribution in [0.25, 0.3) is 0 Å². The van der Waals surface area contributed by atoms with Crippen molar-refractivity contribution in [3.8, 4) is 5.75 Å². The Labute approximate surface area is 160 Å². The normalized spacial score (nSPS) is 19.2. The number of aromatic nitrogens is 3. The molecule has 1 saturated heterocycles. The minimum Gasteiger partial charge on any atom is -0.496 e. The van der Waals surface area contributed by atoms with Crippen LogP contribution in [0.2, 0.25) is 0 Å². The van der Waals surface area contributed by atoms with Crippen molar-refractivity contribution in [3.05, 3.63) is 34.1 Å². The first-order chi connectivity index (χ1) is 11.9. The second-order valence-electron chi connectivity index (χ2n) is 6.18. The SMILES string of the molecule is COc1ccc(Br)cc1CSc1nnc(CC2CCS(=O)(=O)C2)n1C. The molecule has 1 aliphatic heterocycles. The van der Waals surface area contributed by atoms with Gasteiger partial charge in [-0.05, 0) is 30.5 Å². The Balaban J connectivity index is 1.67. The average molecular weight is 446 g/mol. The van der Waals surface area contributed by atoms with Gasteiger partial charge in [0.25, 0.3) is 0 Å². The van der Waals surface area contributed by atoms with Gasteiger partial charge in [0.05, 0.1) is 18.6 Å². The molecule has 25 heavy (non-hydrogen) atoms. The number of thioether (sulfide) groups is 1. The number of hydrogen-bond acceptors (Lipinski definition) is 6. The second kappa shape index (κ2) is 7.67. The lowest BCUT2D eigenvalue weighted by Crippen LogP contribution is -2.11. The molecule has 1 aliphatic rings. The van der Waals surface area contributed by atoms with Crippen molar-refractivity contribution in [2.24, 2.45) is 13.0 Å². The van der Waals surface area contributed by atoms with Crippen LogP contribution < -0.4 is 4.74 Å². The third-order valence-electron chi connectivity index (χ3n) is 4.32. The molecule has 1 atom stereocenters. The Morgan fingerprint density at radius 1 is 1.40 bits per heavy atom. The van der Waals surface area contributed by atoms with Crippen molar-refractivity contribution < 1.29 is 13.2 Å². The van der Waals surface area contributed by atoms with Gasteiger partial charge in [0.2, 0.25) is 0 Å². The van der Waals surface area contributed by atoms with E-state index in [1.165, 1.54) is 0 Å². The van der Waals surface area contributed by atoms with Gasteiger partial charge in [-0.3, -0.25) is 0 Å². The van der Waals surface area contributed by atoms with Crippen molar-refractivity contribution in [2.45, 2.75) is 23.8 Å². The van der Waals surface area contributed by atoms with Crippen molar-refractivity contribution >= 4 is 37.5 Å². The quantitative estimate of drug-likeness (QED) is 0.636. The number of hydrogen-bond donors (Lipinski definition) is 0. The molecule has 1 aromatic heterocycles. The molecular formula is C16H20BrN3O3S2. The molecule has 1 unspecified atom stereocenters. The summed E-state index contributed by atoms with van der Waals surface area (Å²) in [7, 11) is 0.729. The van der Waals surface area contributed by atoms with Crippen LogP contribution in [0.15, 0.2) is 27.8 Å². The third-order valence-corrected chi connectivity index (χ3v) is 7.72. The zero-order valence-electron chi connectivity index (χ0n) is 14.1. The number of methoxy groups -OCH3 is 1. The van der Waals surface area contributed by atoms with Crippen molar-refractivity contribution in [1.82, 2.24) is 14.8 Å². The van der Waals surface area contributed by atoms with Gasteiger partial charge in [-0.1, -0.05) is 27.7 Å². The van der Waals surface area contributed by atoms with E-state index in [2.05, 4.69) is 26.1 Å². The molecule has 3 rings (SSSR count). The van der Waals surface area contributed by atoms with Crippen LogP contribution in [0.3, 0.4) is 0 Å². The van der Waals surface area contributed by atoms with Gasteiger partial charge in [-0.15, -0.1) is 10.2 Å². The molecule has 0 radical (unpaired) electrons. The zero-order valence-corrected chi connectivity index (χ0v) is 17.3. The summed E-state index contributed by atoms with van der Waals surface area (Å²) in [5, 5.41) is 9.33. The van der Waals surface area contributed by atoms with Gasteiger partial charge >= 0.3 is 0 Å². The maximum atomic E-state index is 11.6. The van der Waals surface area contributed by atoms with E-state index in [1.807, 2.05) is 29.8 Å². The van der Waals surface area contributed by atoms with E-state index in [9.17, 15) is 8.42 Å². The van der Waals surface area contributed by atoms with Gasteiger partial charge in [0.15, 0.2) is 15.0 Å². The monoisotopic (exact) mass is 445 g/mol. The summed E-state index contributed by atoms with van der Waals surface area (Å²) < 4.78 is 31.6. The lowest BCUT2D eigenvalue weighted by Gasteiger charge is -2.09. The minimum absolute atomic E-state index is 0.149. The van der Waals surface area contributed by atoms with Crippen LogP contribution in [0, 0.1) is 5.92 Å². The molecule has 9 heteroatoms. The Morgan fingerprint density at radius 2 is 2.20 bits per heavy atom. The predicted octanol–water partition coefficient (Wildman–Crippen LogP) is 2.86. The van der Waals surface area contributed by atoms with Gasteiger partial charge < -0.3 is 9.30 Å². The lowest BCUT2D eigenvalue weighted by molar-refractivity contribution is 0.411. The molecule has 0 saturated carbocycles. The summed E-state index contributed by atoms with van der Waals surface area (Å²) in [5.74, 6) is 3.10. The molecule has 0 N–H and O–H groups in total. The molecule has 2 aromatic rings. The topological polar surface area (TPSA) is 74.1 Å². The van der Waals surface area contributed by atoms with E-state index >= 15 is 0 Å². The Bertz CT molecular complexity index is 868. The molecule has 136 valence electrons. The van der Waals surface area contributed by atoms with Crippen LogP contribution in [-0.4, -0.2) is 41.8 Å². The van der Waals surface area contributed by atoms with E-state index in [-0.39, 0.29) is 11.7 Å². The molecule has 0 amide bonds. The van der Waals surface area contributed by atoms with E-state index in [1.54, 1.807) is 18.9 Å². The smallest absolute Gasteiger partial charge is 0.191 e. The number of nitrogens with zero attached hydrogens (tertiary/aromatic N) is 3. The first-order valence-corrected chi connectivity index (χ1v) is 11.5. The molecule has 0 aliphatic carbocycles. The Hall–Kier alpha value is -1.06. The van der Waals surface area contributed by atoms with Gasteiger partial charge in [-0.2, -0.15) is 0 Å². The molecule has 1 fully saturated rings. The summed E-state index contributed by atoms with van der Waals surface area (Å²) in [4.78, 5) is 0. The molecule has 1 aromatic carbocycles. The first kappa shape index (κ1) is 18.7. The first-order valence-electron chi connectivity index (χ1n) is 7.92. The summed E-state index contributed by atoms with van der Waals surface area (Å²) >= 11 is 5.07. The highest BCUT2D eigenvalue weighted by Gasteiger charge is 2.29. The Morgan fingerprint density at radius 3 is 2.88 bits per heavy atom. The predicted molar refractivity (Wildman–Crippen MR) is 102 cm³/mol. The molecule has 2 heterocycles. The number of rotatable bonds is 6. The van der Waals surface area contributed by atoms with Crippen LogP contribution in [0.1, 0.15) is 17.8 Å². The maximum absolute atomic E-state index is 11.6. The fraction of sp³-hybridized carbons (Fsp3) is 0.500. The van der Waals surface area contributed by atoms with Gasteiger partial charge in [0.1, 0.15) is 11.6 Å². The molecule has 0 spiro atoms. The number of sulfone groups is 1. The third kappa shape index (κ3) is 4.57. The largest absolute Gasteiger partial charge is 0.496 e. The van der Waals surface area contributed by atoms with E-state index in [0.29, 0.717) is 24.3 Å². The highest BCUT2D eigenvalue weighted by atomic mass is 79.9. The Kier molecular flexibility index (Phi) is 5.75. The van der Waals surface area contributed by atoms with Crippen LogP contribution >= 0.6 is 27.7 Å². The highest BCUT2D eigenvalue weighted by Crippen LogP contribution is 2.30. The van der Waals surface area contributed by atoms with Crippen LogP contribution in [-0.2, 0) is 29.1 Å². The fourth-order valence-electron chi connectivity index (χ4n) is 2.94. The maximum Gasteiger partial charge on any atom is 0.191 e.